The van der Waals surface area contributed by atoms with E-state index in [0.29, 0.717) is 24.2 Å². The van der Waals surface area contributed by atoms with Gasteiger partial charge < -0.3 is 20.1 Å². The summed E-state index contributed by atoms with van der Waals surface area (Å²) in [7, 11) is 0. The van der Waals surface area contributed by atoms with Crippen molar-refractivity contribution in [3.05, 3.63) is 12.2 Å². The lowest BCUT2D eigenvalue weighted by atomic mass is 9.62. The van der Waals surface area contributed by atoms with Gasteiger partial charge in [-0.3, -0.25) is 9.59 Å². The van der Waals surface area contributed by atoms with Crippen molar-refractivity contribution in [3.8, 4) is 0 Å². The SMILES string of the molecule is CCC(C)C(=O)OC1CCCC2C=CC(C)C(CCC(O)CC(O)CC(=O)O)C21. The Kier molecular flexibility index (Phi) is 9.15. The molecule has 0 saturated heterocycles. The quantitative estimate of drug-likeness (QED) is 0.376. The van der Waals surface area contributed by atoms with Crippen molar-refractivity contribution in [1.29, 1.82) is 0 Å². The van der Waals surface area contributed by atoms with Crippen LogP contribution in [0.15, 0.2) is 12.2 Å². The van der Waals surface area contributed by atoms with E-state index in [1.54, 1.807) is 0 Å². The summed E-state index contributed by atoms with van der Waals surface area (Å²) in [6, 6.07) is 0. The van der Waals surface area contributed by atoms with E-state index in [1.165, 1.54) is 0 Å². The molecule has 0 radical (unpaired) electrons. The summed E-state index contributed by atoms with van der Waals surface area (Å²) >= 11 is 0. The van der Waals surface area contributed by atoms with Crippen LogP contribution in [0.5, 0.6) is 0 Å². The van der Waals surface area contributed by atoms with Gasteiger partial charge in [-0.2, -0.15) is 0 Å². The minimum atomic E-state index is -1.06. The van der Waals surface area contributed by atoms with Crippen molar-refractivity contribution in [2.24, 2.45) is 29.6 Å². The molecule has 0 spiro atoms. The number of carboxylic acid groups (broad SMARTS) is 1. The van der Waals surface area contributed by atoms with Crippen LogP contribution in [0.1, 0.15) is 72.1 Å². The highest BCUT2D eigenvalue weighted by molar-refractivity contribution is 5.72. The summed E-state index contributed by atoms with van der Waals surface area (Å²) in [5, 5.41) is 28.8. The number of aliphatic carboxylic acids is 1. The van der Waals surface area contributed by atoms with Gasteiger partial charge in [-0.15, -0.1) is 0 Å². The molecule has 1 fully saturated rings. The first kappa shape index (κ1) is 23.9. The Morgan fingerprint density at radius 1 is 1.17 bits per heavy atom. The van der Waals surface area contributed by atoms with Crippen molar-refractivity contribution in [2.75, 3.05) is 0 Å². The fourth-order valence-corrected chi connectivity index (χ4v) is 4.97. The lowest BCUT2D eigenvalue weighted by molar-refractivity contribution is -0.162. The summed E-state index contributed by atoms with van der Waals surface area (Å²) in [6.45, 7) is 6.07. The van der Waals surface area contributed by atoms with E-state index in [2.05, 4.69) is 19.1 Å². The predicted octanol–water partition coefficient (Wildman–Crippen LogP) is 3.55. The Balaban J connectivity index is 2.01. The van der Waals surface area contributed by atoms with Crippen LogP contribution in [0, 0.1) is 29.6 Å². The van der Waals surface area contributed by atoms with Crippen molar-refractivity contribution in [3.63, 3.8) is 0 Å². The summed E-state index contributed by atoms with van der Waals surface area (Å²) in [4.78, 5) is 23.1. The molecule has 8 atom stereocenters. The van der Waals surface area contributed by atoms with Gasteiger partial charge in [-0.1, -0.05) is 32.9 Å². The third kappa shape index (κ3) is 6.82. The topological polar surface area (TPSA) is 104 Å². The van der Waals surface area contributed by atoms with Gasteiger partial charge in [0.05, 0.1) is 24.5 Å². The zero-order valence-corrected chi connectivity index (χ0v) is 18.0. The molecule has 0 aromatic rings. The summed E-state index contributed by atoms with van der Waals surface area (Å²) in [6.07, 6.45) is 7.49. The Morgan fingerprint density at radius 2 is 1.90 bits per heavy atom. The number of aliphatic hydroxyl groups excluding tert-OH is 2. The number of carboxylic acids is 1. The largest absolute Gasteiger partial charge is 0.481 e. The number of aliphatic hydroxyl groups is 2. The van der Waals surface area contributed by atoms with Crippen LogP contribution in [0.4, 0.5) is 0 Å². The lowest BCUT2D eigenvalue weighted by Crippen LogP contribution is -2.44. The second kappa shape index (κ2) is 11.1. The number of fused-ring (bicyclic) bond motifs is 1. The Bertz CT molecular complexity index is 574. The van der Waals surface area contributed by atoms with E-state index in [4.69, 9.17) is 9.84 Å². The number of hydrogen-bond donors (Lipinski definition) is 3. The zero-order valence-electron chi connectivity index (χ0n) is 18.0. The molecule has 2 aliphatic rings. The first-order chi connectivity index (χ1) is 13.7. The molecule has 8 unspecified atom stereocenters. The molecule has 0 aromatic heterocycles. The van der Waals surface area contributed by atoms with Gasteiger partial charge in [0, 0.05) is 5.92 Å². The molecule has 29 heavy (non-hydrogen) atoms. The fraction of sp³-hybridized carbons (Fsp3) is 0.826. The number of esters is 1. The molecule has 2 rings (SSSR count). The van der Waals surface area contributed by atoms with Crippen molar-refractivity contribution in [1.82, 2.24) is 0 Å². The molecule has 166 valence electrons. The molecule has 3 N–H and O–H groups in total. The molecule has 6 heteroatoms. The molecule has 1 saturated carbocycles. The minimum Gasteiger partial charge on any atom is -0.481 e. The highest BCUT2D eigenvalue weighted by atomic mass is 16.5. The third-order valence-corrected chi connectivity index (χ3v) is 6.85. The second-order valence-electron chi connectivity index (χ2n) is 9.08. The van der Waals surface area contributed by atoms with E-state index in [1.807, 2.05) is 13.8 Å². The number of rotatable bonds is 10. The minimum absolute atomic E-state index is 0.0732. The molecule has 0 aromatic carbocycles. The van der Waals surface area contributed by atoms with E-state index >= 15 is 0 Å². The van der Waals surface area contributed by atoms with Gasteiger partial charge >= 0.3 is 11.9 Å². The highest BCUT2D eigenvalue weighted by Crippen LogP contribution is 2.46. The van der Waals surface area contributed by atoms with Crippen LogP contribution in [-0.4, -0.2) is 45.6 Å². The first-order valence-electron chi connectivity index (χ1n) is 11.2. The maximum absolute atomic E-state index is 12.4. The zero-order chi connectivity index (χ0) is 21.6. The maximum atomic E-state index is 12.4. The molecule has 2 aliphatic carbocycles. The average Bonchev–Trinajstić information content (AvgIpc) is 2.66. The highest BCUT2D eigenvalue weighted by Gasteiger charge is 2.43. The van der Waals surface area contributed by atoms with Gasteiger partial charge in [-0.25, -0.2) is 0 Å². The number of carbonyl (C=O) groups is 2. The molecule has 0 heterocycles. The lowest BCUT2D eigenvalue weighted by Gasteiger charge is -2.46. The fourth-order valence-electron chi connectivity index (χ4n) is 4.97. The van der Waals surface area contributed by atoms with E-state index in [0.717, 1.165) is 32.1 Å². The van der Waals surface area contributed by atoms with E-state index in [-0.39, 0.29) is 36.8 Å². The Labute approximate surface area is 174 Å². The molecular formula is C23H38O6. The number of hydrogen-bond acceptors (Lipinski definition) is 5. The molecule has 0 amide bonds. The van der Waals surface area contributed by atoms with Crippen LogP contribution in [0.3, 0.4) is 0 Å². The third-order valence-electron chi connectivity index (χ3n) is 6.85. The van der Waals surface area contributed by atoms with E-state index in [9.17, 15) is 19.8 Å². The van der Waals surface area contributed by atoms with Gasteiger partial charge in [0.2, 0.25) is 0 Å². The maximum Gasteiger partial charge on any atom is 0.308 e. The van der Waals surface area contributed by atoms with Crippen LogP contribution in [-0.2, 0) is 14.3 Å². The van der Waals surface area contributed by atoms with Crippen LogP contribution >= 0.6 is 0 Å². The standard InChI is InChI=1S/C23H38O6/c1-4-14(2)23(28)29-20-7-5-6-16-9-8-15(3)19(22(16)20)11-10-17(24)12-18(25)13-21(26)27/h8-9,14-20,22,24-25H,4-7,10-13H2,1-3H3,(H,26,27). The van der Waals surface area contributed by atoms with Crippen LogP contribution in [0.2, 0.25) is 0 Å². The summed E-state index contributed by atoms with van der Waals surface area (Å²) < 4.78 is 5.97. The number of carbonyl (C=O) groups excluding carboxylic acids is 1. The van der Waals surface area contributed by atoms with Crippen molar-refractivity contribution < 1.29 is 29.6 Å². The monoisotopic (exact) mass is 410 g/mol. The number of ether oxygens (including phenoxy) is 1. The van der Waals surface area contributed by atoms with Crippen LogP contribution in [0.25, 0.3) is 0 Å². The molecule has 0 aliphatic heterocycles. The van der Waals surface area contributed by atoms with Gasteiger partial charge in [0.1, 0.15) is 6.10 Å². The first-order valence-corrected chi connectivity index (χ1v) is 11.2. The Morgan fingerprint density at radius 3 is 2.55 bits per heavy atom. The van der Waals surface area contributed by atoms with Gasteiger partial charge in [-0.05, 0) is 62.7 Å². The predicted molar refractivity (Wildman–Crippen MR) is 110 cm³/mol. The number of allylic oxidation sites excluding steroid dienone is 2. The normalized spacial score (nSPS) is 32.1. The average molecular weight is 411 g/mol. The second-order valence-corrected chi connectivity index (χ2v) is 9.08. The summed E-state index contributed by atoms with van der Waals surface area (Å²) in [5.74, 6) is 0.00883. The van der Waals surface area contributed by atoms with Gasteiger partial charge in [0.25, 0.3) is 0 Å². The van der Waals surface area contributed by atoms with Crippen LogP contribution < -0.4 is 0 Å². The molecule has 6 nitrogen and oxygen atoms in total. The van der Waals surface area contributed by atoms with Crippen molar-refractivity contribution in [2.45, 2.75) is 90.4 Å². The smallest absolute Gasteiger partial charge is 0.308 e. The van der Waals surface area contributed by atoms with E-state index < -0.39 is 18.2 Å². The summed E-state index contributed by atoms with van der Waals surface area (Å²) in [5.41, 5.74) is 0. The molecular weight excluding hydrogens is 372 g/mol. The van der Waals surface area contributed by atoms with Crippen molar-refractivity contribution >= 4 is 11.9 Å². The Hall–Kier alpha value is -1.40. The molecule has 0 bridgehead atoms. The van der Waals surface area contributed by atoms with Gasteiger partial charge in [0.15, 0.2) is 0 Å².